The van der Waals surface area contributed by atoms with Gasteiger partial charge in [-0.15, -0.1) is 6.42 Å². The molecule has 102 valence electrons. The second-order valence-corrected chi connectivity index (χ2v) is 3.91. The Labute approximate surface area is 113 Å². The maximum Gasteiger partial charge on any atom is 0.248 e. The number of hydrogen-bond donors (Lipinski definition) is 1. The molecular weight excluding hydrogens is 244 g/mol. The van der Waals surface area contributed by atoms with E-state index >= 15 is 0 Å². The lowest BCUT2D eigenvalue weighted by Gasteiger charge is -2.26. The van der Waals surface area contributed by atoms with Gasteiger partial charge in [0, 0.05) is 25.4 Å². The van der Waals surface area contributed by atoms with Crippen LogP contribution in [-0.4, -0.2) is 39.5 Å². The second-order valence-electron chi connectivity index (χ2n) is 3.91. The topological polar surface area (TPSA) is 64.8 Å². The summed E-state index contributed by atoms with van der Waals surface area (Å²) in [5.41, 5.74) is 6.43. The number of nitrogens with zero attached hydrogens (tertiary/aromatic N) is 1. The molecule has 2 N–H and O–H groups in total. The maximum absolute atomic E-state index is 11.1. The van der Waals surface area contributed by atoms with E-state index in [1.165, 1.54) is 0 Å². The van der Waals surface area contributed by atoms with Gasteiger partial charge in [-0.2, -0.15) is 0 Å². The molecule has 1 atom stereocenters. The molecule has 0 radical (unpaired) electrons. The number of primary amides is 1. The molecule has 0 aliphatic heterocycles. The monoisotopic (exact) mass is 262 g/mol. The van der Waals surface area contributed by atoms with Crippen molar-refractivity contribution in [2.45, 2.75) is 6.23 Å². The van der Waals surface area contributed by atoms with Crippen LogP contribution in [0.5, 0.6) is 0 Å². The summed E-state index contributed by atoms with van der Waals surface area (Å²) in [4.78, 5) is 12.9. The van der Waals surface area contributed by atoms with Gasteiger partial charge >= 0.3 is 0 Å². The molecule has 1 rings (SSSR count). The first-order chi connectivity index (χ1) is 9.10. The van der Waals surface area contributed by atoms with E-state index in [1.54, 1.807) is 37.3 Å². The van der Waals surface area contributed by atoms with Crippen molar-refractivity contribution in [3.63, 3.8) is 0 Å². The molecule has 0 bridgehead atoms. The van der Waals surface area contributed by atoms with Crippen LogP contribution in [0.2, 0.25) is 0 Å². The average Bonchev–Trinajstić information content (AvgIpc) is 2.43. The van der Waals surface area contributed by atoms with Crippen LogP contribution < -0.4 is 10.6 Å². The fourth-order valence-electron chi connectivity index (χ4n) is 1.53. The summed E-state index contributed by atoms with van der Waals surface area (Å²) < 4.78 is 10.4. The third-order valence-corrected chi connectivity index (χ3v) is 2.60. The smallest absolute Gasteiger partial charge is 0.248 e. The SMILES string of the molecule is C#CC(OCCOC)N(C)c1cccc(C(N)=O)c1. The lowest BCUT2D eigenvalue weighted by molar-refractivity contribution is 0.0444. The van der Waals surface area contributed by atoms with Crippen LogP contribution in [0.15, 0.2) is 24.3 Å². The largest absolute Gasteiger partial charge is 0.382 e. The predicted octanol–water partition coefficient (Wildman–Crippen LogP) is 0.844. The van der Waals surface area contributed by atoms with Crippen LogP contribution in [-0.2, 0) is 9.47 Å². The Morgan fingerprint density at radius 3 is 2.84 bits per heavy atom. The summed E-state index contributed by atoms with van der Waals surface area (Å²) in [6.45, 7) is 0.860. The summed E-state index contributed by atoms with van der Waals surface area (Å²) in [6, 6.07) is 6.90. The molecule has 0 saturated heterocycles. The van der Waals surface area contributed by atoms with Gasteiger partial charge in [0.05, 0.1) is 13.2 Å². The van der Waals surface area contributed by atoms with Gasteiger partial charge in [0.25, 0.3) is 0 Å². The van der Waals surface area contributed by atoms with Gasteiger partial charge in [-0.25, -0.2) is 0 Å². The number of terminal acetylenes is 1. The summed E-state index contributed by atoms with van der Waals surface area (Å²) in [5, 5.41) is 0. The number of carbonyl (C=O) groups excluding carboxylic acids is 1. The highest BCUT2D eigenvalue weighted by Gasteiger charge is 2.14. The van der Waals surface area contributed by atoms with Gasteiger partial charge in [0.1, 0.15) is 0 Å². The predicted molar refractivity (Wildman–Crippen MR) is 73.8 cm³/mol. The van der Waals surface area contributed by atoms with E-state index in [1.807, 2.05) is 6.07 Å². The highest BCUT2D eigenvalue weighted by atomic mass is 16.5. The zero-order chi connectivity index (χ0) is 14.3. The Bertz CT molecular complexity index is 468. The number of hydrogen-bond acceptors (Lipinski definition) is 4. The average molecular weight is 262 g/mol. The first kappa shape index (κ1) is 15.0. The number of methoxy groups -OCH3 is 1. The zero-order valence-electron chi connectivity index (χ0n) is 11.1. The molecule has 1 amide bonds. The van der Waals surface area contributed by atoms with Crippen LogP contribution in [0.3, 0.4) is 0 Å². The standard InChI is InChI=1S/C14H18N2O3/c1-4-13(19-9-8-18-3)16(2)12-7-5-6-11(10-12)14(15)17/h1,5-7,10,13H,8-9H2,2-3H3,(H2,15,17). The van der Waals surface area contributed by atoms with Gasteiger partial charge < -0.3 is 20.1 Å². The van der Waals surface area contributed by atoms with Crippen molar-refractivity contribution in [3.05, 3.63) is 29.8 Å². The lowest BCUT2D eigenvalue weighted by atomic mass is 10.2. The third kappa shape index (κ3) is 4.28. The van der Waals surface area contributed by atoms with Crippen molar-refractivity contribution in [1.82, 2.24) is 0 Å². The molecule has 1 unspecified atom stereocenters. The van der Waals surface area contributed by atoms with Gasteiger partial charge in [-0.1, -0.05) is 12.0 Å². The fraction of sp³-hybridized carbons (Fsp3) is 0.357. The van der Waals surface area contributed by atoms with Crippen LogP contribution in [0.4, 0.5) is 5.69 Å². The Balaban J connectivity index is 2.79. The molecule has 0 aliphatic rings. The number of rotatable bonds is 7. The third-order valence-electron chi connectivity index (χ3n) is 2.60. The molecule has 0 saturated carbocycles. The molecule has 1 aromatic carbocycles. The van der Waals surface area contributed by atoms with Crippen molar-refractivity contribution in [2.75, 3.05) is 32.3 Å². The summed E-state index contributed by atoms with van der Waals surface area (Å²) >= 11 is 0. The van der Waals surface area contributed by atoms with E-state index in [-0.39, 0.29) is 0 Å². The van der Waals surface area contributed by atoms with Crippen molar-refractivity contribution < 1.29 is 14.3 Å². The van der Waals surface area contributed by atoms with E-state index in [0.29, 0.717) is 18.8 Å². The Morgan fingerprint density at radius 1 is 1.53 bits per heavy atom. The van der Waals surface area contributed by atoms with Crippen molar-refractivity contribution >= 4 is 11.6 Å². The van der Waals surface area contributed by atoms with Gasteiger partial charge in [0.15, 0.2) is 6.23 Å². The van der Waals surface area contributed by atoms with Crippen LogP contribution in [0.1, 0.15) is 10.4 Å². The normalized spacial score (nSPS) is 11.6. The Hall–Kier alpha value is -2.03. The highest BCUT2D eigenvalue weighted by molar-refractivity contribution is 5.93. The molecule has 0 spiro atoms. The molecule has 5 nitrogen and oxygen atoms in total. The van der Waals surface area contributed by atoms with Gasteiger partial charge in [-0.3, -0.25) is 4.79 Å². The van der Waals surface area contributed by atoms with E-state index in [0.717, 1.165) is 5.69 Å². The quantitative estimate of drug-likeness (QED) is 0.449. The van der Waals surface area contributed by atoms with E-state index in [2.05, 4.69) is 5.92 Å². The maximum atomic E-state index is 11.1. The number of anilines is 1. The molecule has 0 heterocycles. The van der Waals surface area contributed by atoms with Crippen LogP contribution in [0, 0.1) is 12.3 Å². The van der Waals surface area contributed by atoms with Gasteiger partial charge in [0.2, 0.25) is 5.91 Å². The molecule has 1 aromatic rings. The minimum absolute atomic E-state index is 0.394. The lowest BCUT2D eigenvalue weighted by Crippen LogP contribution is -2.33. The fourth-order valence-corrected chi connectivity index (χ4v) is 1.53. The highest BCUT2D eigenvalue weighted by Crippen LogP contribution is 2.17. The number of ether oxygens (including phenoxy) is 2. The Morgan fingerprint density at radius 2 is 2.26 bits per heavy atom. The Kier molecular flexibility index (Phi) is 5.86. The zero-order valence-corrected chi connectivity index (χ0v) is 11.1. The molecule has 19 heavy (non-hydrogen) atoms. The molecule has 5 heteroatoms. The van der Waals surface area contributed by atoms with Crippen molar-refractivity contribution in [2.24, 2.45) is 5.73 Å². The van der Waals surface area contributed by atoms with Crippen molar-refractivity contribution in [1.29, 1.82) is 0 Å². The molecule has 0 aromatic heterocycles. The number of carbonyl (C=O) groups is 1. The minimum Gasteiger partial charge on any atom is -0.382 e. The van der Waals surface area contributed by atoms with Crippen LogP contribution in [0.25, 0.3) is 0 Å². The number of benzene rings is 1. The molecular formula is C14H18N2O3. The van der Waals surface area contributed by atoms with Gasteiger partial charge in [-0.05, 0) is 18.2 Å². The first-order valence-corrected chi connectivity index (χ1v) is 5.79. The van der Waals surface area contributed by atoms with E-state index in [9.17, 15) is 4.79 Å². The summed E-state index contributed by atoms with van der Waals surface area (Å²) in [7, 11) is 3.38. The summed E-state index contributed by atoms with van der Waals surface area (Å²) in [5.74, 6) is 2.06. The van der Waals surface area contributed by atoms with Crippen molar-refractivity contribution in [3.8, 4) is 12.3 Å². The minimum atomic E-state index is -0.529. The number of nitrogens with two attached hydrogens (primary N) is 1. The van der Waals surface area contributed by atoms with E-state index in [4.69, 9.17) is 21.6 Å². The first-order valence-electron chi connectivity index (χ1n) is 5.79. The van der Waals surface area contributed by atoms with Crippen LogP contribution >= 0.6 is 0 Å². The summed E-state index contributed by atoms with van der Waals surface area (Å²) in [6.07, 6.45) is 4.91. The second kappa shape index (κ2) is 7.41. The van der Waals surface area contributed by atoms with E-state index < -0.39 is 12.1 Å². The molecule has 0 fully saturated rings. The molecule has 0 aliphatic carbocycles. The number of amides is 1.